The monoisotopic (exact) mass is 394 g/mol. The average molecular weight is 394 g/mol. The molecule has 4 rings (SSSR count). The molecular weight excluding hydrogens is 368 g/mol. The van der Waals surface area contributed by atoms with Crippen LogP contribution in [0.25, 0.3) is 0 Å². The standard InChI is InChI=1S/C21H26N6O2/c1-15-10-24-17(12-23-15)13-27-14-21(5-4-19(27)28)6-8-26(9-7-21)20(29)16-2-3-18(22)25-11-16/h2-3,10-12H,4-9,13-14H2,1H3,(H2,22,25). The van der Waals surface area contributed by atoms with E-state index in [1.54, 1.807) is 24.5 Å². The molecule has 0 unspecified atom stereocenters. The molecule has 4 heterocycles. The third kappa shape index (κ3) is 4.21. The number of aromatic nitrogens is 3. The first-order valence-electron chi connectivity index (χ1n) is 10.0. The maximum absolute atomic E-state index is 12.7. The van der Waals surface area contributed by atoms with Crippen LogP contribution in [0.5, 0.6) is 0 Å². The fourth-order valence-electron chi connectivity index (χ4n) is 4.25. The Bertz CT molecular complexity index is 888. The van der Waals surface area contributed by atoms with Crippen LogP contribution < -0.4 is 5.73 Å². The second-order valence-electron chi connectivity index (χ2n) is 8.16. The van der Waals surface area contributed by atoms with Crippen LogP contribution >= 0.6 is 0 Å². The molecule has 2 aromatic heterocycles. The van der Waals surface area contributed by atoms with Crippen molar-refractivity contribution in [3.63, 3.8) is 0 Å². The van der Waals surface area contributed by atoms with Crippen LogP contribution in [-0.2, 0) is 11.3 Å². The van der Waals surface area contributed by atoms with E-state index in [0.29, 0.717) is 44.0 Å². The summed E-state index contributed by atoms with van der Waals surface area (Å²) in [7, 11) is 0. The minimum Gasteiger partial charge on any atom is -0.384 e. The summed E-state index contributed by atoms with van der Waals surface area (Å²) >= 11 is 0. The van der Waals surface area contributed by atoms with Crippen molar-refractivity contribution >= 4 is 17.6 Å². The summed E-state index contributed by atoms with van der Waals surface area (Å²) < 4.78 is 0. The van der Waals surface area contributed by atoms with Gasteiger partial charge in [0.25, 0.3) is 5.91 Å². The first-order valence-corrected chi connectivity index (χ1v) is 10.0. The number of carbonyl (C=O) groups is 2. The molecular formula is C21H26N6O2. The number of anilines is 1. The molecule has 0 saturated carbocycles. The van der Waals surface area contributed by atoms with Gasteiger partial charge in [-0.25, -0.2) is 4.98 Å². The quantitative estimate of drug-likeness (QED) is 0.851. The summed E-state index contributed by atoms with van der Waals surface area (Å²) in [5.74, 6) is 0.569. The Hall–Kier alpha value is -3.03. The van der Waals surface area contributed by atoms with Crippen LogP contribution in [0.15, 0.2) is 30.7 Å². The molecule has 2 fully saturated rings. The topological polar surface area (TPSA) is 105 Å². The molecule has 8 nitrogen and oxygen atoms in total. The van der Waals surface area contributed by atoms with E-state index in [2.05, 4.69) is 15.0 Å². The van der Waals surface area contributed by atoms with Crippen molar-refractivity contribution in [1.29, 1.82) is 0 Å². The van der Waals surface area contributed by atoms with Gasteiger partial charge in [-0.1, -0.05) is 0 Å². The fourth-order valence-corrected chi connectivity index (χ4v) is 4.25. The minimum absolute atomic E-state index is 0.00831. The second-order valence-corrected chi connectivity index (χ2v) is 8.16. The van der Waals surface area contributed by atoms with E-state index in [9.17, 15) is 9.59 Å². The molecule has 0 radical (unpaired) electrons. The van der Waals surface area contributed by atoms with Gasteiger partial charge in [0.2, 0.25) is 5.91 Å². The molecule has 0 aromatic carbocycles. The highest BCUT2D eigenvalue weighted by Crippen LogP contribution is 2.40. The van der Waals surface area contributed by atoms with Crippen molar-refractivity contribution < 1.29 is 9.59 Å². The Morgan fingerprint density at radius 3 is 2.55 bits per heavy atom. The molecule has 0 aliphatic carbocycles. The highest BCUT2D eigenvalue weighted by molar-refractivity contribution is 5.94. The van der Waals surface area contributed by atoms with Crippen LogP contribution in [0, 0.1) is 12.3 Å². The lowest BCUT2D eigenvalue weighted by Crippen LogP contribution is -2.52. The zero-order valence-electron chi connectivity index (χ0n) is 16.7. The molecule has 8 heteroatoms. The maximum Gasteiger partial charge on any atom is 0.255 e. The molecule has 0 atom stereocenters. The third-order valence-corrected chi connectivity index (χ3v) is 6.08. The lowest BCUT2D eigenvalue weighted by Gasteiger charge is -2.47. The number of rotatable bonds is 3. The van der Waals surface area contributed by atoms with Gasteiger partial charge in [0, 0.05) is 38.4 Å². The van der Waals surface area contributed by atoms with Crippen LogP contribution in [0.1, 0.15) is 47.4 Å². The van der Waals surface area contributed by atoms with Crippen molar-refractivity contribution in [2.45, 2.75) is 39.2 Å². The highest BCUT2D eigenvalue weighted by atomic mass is 16.2. The Morgan fingerprint density at radius 2 is 1.90 bits per heavy atom. The van der Waals surface area contributed by atoms with Gasteiger partial charge < -0.3 is 15.5 Å². The van der Waals surface area contributed by atoms with E-state index < -0.39 is 0 Å². The molecule has 2 amide bonds. The van der Waals surface area contributed by atoms with Gasteiger partial charge in [0.1, 0.15) is 5.82 Å². The predicted molar refractivity (Wildman–Crippen MR) is 108 cm³/mol. The number of nitrogens with two attached hydrogens (primary N) is 1. The van der Waals surface area contributed by atoms with Crippen LogP contribution in [-0.4, -0.2) is 56.2 Å². The van der Waals surface area contributed by atoms with Gasteiger partial charge in [-0.2, -0.15) is 0 Å². The number of hydrogen-bond acceptors (Lipinski definition) is 6. The summed E-state index contributed by atoms with van der Waals surface area (Å²) in [5.41, 5.74) is 7.92. The Balaban J connectivity index is 1.39. The minimum atomic E-state index is -0.00831. The summed E-state index contributed by atoms with van der Waals surface area (Å²) in [6.07, 6.45) is 8.23. The fraction of sp³-hybridized carbons (Fsp3) is 0.476. The lowest BCUT2D eigenvalue weighted by molar-refractivity contribution is -0.139. The van der Waals surface area contributed by atoms with E-state index in [-0.39, 0.29) is 17.2 Å². The Kier molecular flexibility index (Phi) is 5.17. The Labute approximate surface area is 170 Å². The molecule has 2 saturated heterocycles. The van der Waals surface area contributed by atoms with Crippen molar-refractivity contribution in [3.8, 4) is 0 Å². The molecule has 0 bridgehead atoms. The third-order valence-electron chi connectivity index (χ3n) is 6.08. The highest BCUT2D eigenvalue weighted by Gasteiger charge is 2.41. The second kappa shape index (κ2) is 7.77. The van der Waals surface area contributed by atoms with Crippen LogP contribution in [0.4, 0.5) is 5.82 Å². The first-order chi connectivity index (χ1) is 13.9. The molecule has 152 valence electrons. The van der Waals surface area contributed by atoms with Crippen molar-refractivity contribution in [2.75, 3.05) is 25.4 Å². The van der Waals surface area contributed by atoms with Crippen LogP contribution in [0.3, 0.4) is 0 Å². The SMILES string of the molecule is Cc1cnc(CN2CC3(CCC2=O)CCN(C(=O)c2ccc(N)nc2)CC3)cn1. The summed E-state index contributed by atoms with van der Waals surface area (Å²) in [4.78, 5) is 41.7. The van der Waals surface area contributed by atoms with Gasteiger partial charge in [-0.15, -0.1) is 0 Å². The number of piperidine rings is 2. The van der Waals surface area contributed by atoms with Gasteiger partial charge in [-0.3, -0.25) is 19.6 Å². The summed E-state index contributed by atoms with van der Waals surface area (Å²) in [6, 6.07) is 3.37. The zero-order chi connectivity index (χ0) is 20.4. The van der Waals surface area contributed by atoms with Crippen LogP contribution in [0.2, 0.25) is 0 Å². The maximum atomic E-state index is 12.7. The number of amides is 2. The first kappa shape index (κ1) is 19.3. The van der Waals surface area contributed by atoms with Gasteiger partial charge in [0.05, 0.1) is 29.7 Å². The zero-order valence-corrected chi connectivity index (χ0v) is 16.7. The summed E-state index contributed by atoms with van der Waals surface area (Å²) in [5, 5.41) is 0. The van der Waals surface area contributed by atoms with E-state index in [1.165, 1.54) is 6.20 Å². The predicted octanol–water partition coefficient (Wildman–Crippen LogP) is 1.81. The van der Waals surface area contributed by atoms with Gasteiger partial charge >= 0.3 is 0 Å². The number of aryl methyl sites for hydroxylation is 1. The smallest absolute Gasteiger partial charge is 0.255 e. The number of pyridine rings is 1. The molecule has 2 N–H and O–H groups in total. The number of nitrogens with zero attached hydrogens (tertiary/aromatic N) is 5. The number of hydrogen-bond donors (Lipinski definition) is 1. The molecule has 29 heavy (non-hydrogen) atoms. The largest absolute Gasteiger partial charge is 0.384 e. The van der Waals surface area contributed by atoms with Gasteiger partial charge in [0.15, 0.2) is 0 Å². The van der Waals surface area contributed by atoms with Gasteiger partial charge in [-0.05, 0) is 43.7 Å². The molecule has 2 aliphatic heterocycles. The molecule has 2 aliphatic rings. The summed E-state index contributed by atoms with van der Waals surface area (Å²) in [6.45, 7) is 4.49. The number of likely N-dealkylation sites (tertiary alicyclic amines) is 2. The lowest BCUT2D eigenvalue weighted by atomic mass is 9.72. The van der Waals surface area contributed by atoms with E-state index in [4.69, 9.17) is 5.73 Å². The van der Waals surface area contributed by atoms with E-state index in [0.717, 1.165) is 30.7 Å². The number of nitrogen functional groups attached to an aromatic ring is 1. The van der Waals surface area contributed by atoms with E-state index >= 15 is 0 Å². The van der Waals surface area contributed by atoms with Crippen molar-refractivity contribution in [1.82, 2.24) is 24.8 Å². The van der Waals surface area contributed by atoms with Crippen molar-refractivity contribution in [2.24, 2.45) is 5.41 Å². The molecule has 2 aromatic rings. The Morgan fingerprint density at radius 1 is 1.10 bits per heavy atom. The van der Waals surface area contributed by atoms with E-state index in [1.807, 2.05) is 16.7 Å². The normalized spacial score (nSPS) is 18.9. The molecule has 1 spiro atoms. The van der Waals surface area contributed by atoms with Crippen molar-refractivity contribution in [3.05, 3.63) is 47.7 Å². The average Bonchev–Trinajstić information content (AvgIpc) is 2.73. The number of carbonyl (C=O) groups excluding carboxylic acids is 2.